The maximum absolute atomic E-state index is 12.0. The minimum atomic E-state index is -0.381. The van der Waals surface area contributed by atoms with Gasteiger partial charge in [-0.15, -0.1) is 0 Å². The molecule has 5 heteroatoms. The van der Waals surface area contributed by atoms with Gasteiger partial charge in [-0.2, -0.15) is 0 Å². The zero-order valence-corrected chi connectivity index (χ0v) is 12.2. The molecule has 1 aromatic rings. The van der Waals surface area contributed by atoms with E-state index in [2.05, 4.69) is 5.32 Å². The van der Waals surface area contributed by atoms with E-state index in [9.17, 15) is 9.90 Å². The Morgan fingerprint density at radius 2 is 2.10 bits per heavy atom. The Kier molecular flexibility index (Phi) is 4.84. The zero-order valence-electron chi connectivity index (χ0n) is 12.2. The Hall–Kier alpha value is -1.75. The smallest absolute Gasteiger partial charge is 0.317 e. The highest BCUT2D eigenvalue weighted by Crippen LogP contribution is 2.13. The van der Waals surface area contributed by atoms with Crippen LogP contribution in [0.3, 0.4) is 0 Å². The number of carbonyl (C=O) groups excluding carboxylic acids is 1. The molecule has 1 fully saturated rings. The molecular formula is C15H23N3O2. The fourth-order valence-corrected chi connectivity index (χ4v) is 2.34. The first-order chi connectivity index (χ1) is 9.56. The summed E-state index contributed by atoms with van der Waals surface area (Å²) in [6, 6.07) is 8.00. The molecule has 1 aliphatic heterocycles. The van der Waals surface area contributed by atoms with Gasteiger partial charge in [0.25, 0.3) is 0 Å². The molecule has 2 N–H and O–H groups in total. The van der Waals surface area contributed by atoms with E-state index >= 15 is 0 Å². The summed E-state index contributed by atoms with van der Waals surface area (Å²) < 4.78 is 0. The van der Waals surface area contributed by atoms with Crippen molar-refractivity contribution in [1.29, 1.82) is 0 Å². The quantitative estimate of drug-likeness (QED) is 0.878. The summed E-state index contributed by atoms with van der Waals surface area (Å²) in [5.41, 5.74) is 2.21. The van der Waals surface area contributed by atoms with Gasteiger partial charge in [-0.3, -0.25) is 0 Å². The highest BCUT2D eigenvalue weighted by Gasteiger charge is 2.21. The Morgan fingerprint density at radius 3 is 2.70 bits per heavy atom. The van der Waals surface area contributed by atoms with Crippen LogP contribution in [0.5, 0.6) is 0 Å². The van der Waals surface area contributed by atoms with Gasteiger partial charge in [0.15, 0.2) is 0 Å². The first kappa shape index (κ1) is 14.7. The standard InChI is InChI=1S/C15H23N3O2/c1-17(2)13-7-5-12(6-8-13)10-16-15(20)18-9-3-4-14(19)11-18/h5-8,14,19H,3-4,9-11H2,1-2H3,(H,16,20). The van der Waals surface area contributed by atoms with Crippen LogP contribution in [-0.4, -0.2) is 49.3 Å². The molecule has 0 radical (unpaired) electrons. The van der Waals surface area contributed by atoms with Crippen LogP contribution in [0.1, 0.15) is 18.4 Å². The predicted octanol–water partition coefficient (Wildman–Crippen LogP) is 1.42. The first-order valence-electron chi connectivity index (χ1n) is 7.03. The van der Waals surface area contributed by atoms with Crippen LogP contribution in [0.25, 0.3) is 0 Å². The van der Waals surface area contributed by atoms with Crippen molar-refractivity contribution in [3.63, 3.8) is 0 Å². The van der Waals surface area contributed by atoms with E-state index in [1.807, 2.05) is 43.3 Å². The molecule has 2 amide bonds. The van der Waals surface area contributed by atoms with E-state index in [1.54, 1.807) is 4.90 Å². The van der Waals surface area contributed by atoms with Crippen molar-refractivity contribution >= 4 is 11.7 Å². The third kappa shape index (κ3) is 3.87. The van der Waals surface area contributed by atoms with Crippen LogP contribution in [0.2, 0.25) is 0 Å². The van der Waals surface area contributed by atoms with Crippen molar-refractivity contribution in [3.8, 4) is 0 Å². The number of benzene rings is 1. The van der Waals surface area contributed by atoms with Gasteiger partial charge in [-0.05, 0) is 30.5 Å². The number of hydrogen-bond donors (Lipinski definition) is 2. The lowest BCUT2D eigenvalue weighted by Crippen LogP contribution is -2.46. The number of rotatable bonds is 3. The van der Waals surface area contributed by atoms with E-state index in [0.717, 1.165) is 30.6 Å². The maximum atomic E-state index is 12.0. The molecule has 20 heavy (non-hydrogen) atoms. The molecule has 2 rings (SSSR count). The number of nitrogens with zero attached hydrogens (tertiary/aromatic N) is 2. The van der Waals surface area contributed by atoms with E-state index in [4.69, 9.17) is 0 Å². The largest absolute Gasteiger partial charge is 0.391 e. The molecule has 0 aliphatic carbocycles. The predicted molar refractivity (Wildman–Crippen MR) is 79.8 cm³/mol. The number of carbonyl (C=O) groups is 1. The summed E-state index contributed by atoms with van der Waals surface area (Å²) in [5.74, 6) is 0. The molecule has 1 unspecified atom stereocenters. The van der Waals surface area contributed by atoms with Gasteiger partial charge in [0, 0.05) is 39.4 Å². The number of anilines is 1. The zero-order chi connectivity index (χ0) is 14.5. The molecule has 0 saturated carbocycles. The maximum Gasteiger partial charge on any atom is 0.317 e. The second-order valence-corrected chi connectivity index (χ2v) is 5.46. The Balaban J connectivity index is 1.83. The van der Waals surface area contributed by atoms with E-state index < -0.39 is 0 Å². The Bertz CT molecular complexity index is 445. The van der Waals surface area contributed by atoms with Crippen molar-refractivity contribution < 1.29 is 9.90 Å². The summed E-state index contributed by atoms with van der Waals surface area (Å²) in [6.07, 6.45) is 1.27. The summed E-state index contributed by atoms with van der Waals surface area (Å²) >= 11 is 0. The molecule has 0 bridgehead atoms. The van der Waals surface area contributed by atoms with Crippen molar-refractivity contribution in [2.45, 2.75) is 25.5 Å². The van der Waals surface area contributed by atoms with Gasteiger partial charge in [0.1, 0.15) is 0 Å². The molecule has 0 spiro atoms. The fraction of sp³-hybridized carbons (Fsp3) is 0.533. The van der Waals surface area contributed by atoms with Crippen molar-refractivity contribution in [3.05, 3.63) is 29.8 Å². The van der Waals surface area contributed by atoms with Crippen molar-refractivity contribution in [2.24, 2.45) is 0 Å². The third-order valence-corrected chi connectivity index (χ3v) is 3.58. The molecule has 110 valence electrons. The van der Waals surface area contributed by atoms with Gasteiger partial charge in [0.2, 0.25) is 0 Å². The van der Waals surface area contributed by atoms with Gasteiger partial charge in [0.05, 0.1) is 6.10 Å². The first-order valence-corrected chi connectivity index (χ1v) is 7.03. The number of nitrogens with one attached hydrogen (secondary N) is 1. The Morgan fingerprint density at radius 1 is 1.40 bits per heavy atom. The van der Waals surface area contributed by atoms with Crippen LogP contribution < -0.4 is 10.2 Å². The molecule has 5 nitrogen and oxygen atoms in total. The number of piperidine rings is 1. The minimum absolute atomic E-state index is 0.0968. The summed E-state index contributed by atoms with van der Waals surface area (Å²) in [5, 5.41) is 12.5. The van der Waals surface area contributed by atoms with Gasteiger partial charge < -0.3 is 20.2 Å². The second kappa shape index (κ2) is 6.61. The molecule has 1 aliphatic rings. The average Bonchev–Trinajstić information content (AvgIpc) is 2.45. The number of amides is 2. The molecule has 1 saturated heterocycles. The molecular weight excluding hydrogens is 254 g/mol. The SMILES string of the molecule is CN(C)c1ccc(CNC(=O)N2CCCC(O)C2)cc1. The Labute approximate surface area is 120 Å². The van der Waals surface area contributed by atoms with E-state index in [-0.39, 0.29) is 12.1 Å². The van der Waals surface area contributed by atoms with Gasteiger partial charge in [-0.1, -0.05) is 12.1 Å². The van der Waals surface area contributed by atoms with Crippen LogP contribution in [0.15, 0.2) is 24.3 Å². The normalized spacial score (nSPS) is 18.8. The van der Waals surface area contributed by atoms with E-state index in [1.165, 1.54) is 0 Å². The highest BCUT2D eigenvalue weighted by molar-refractivity contribution is 5.74. The highest BCUT2D eigenvalue weighted by atomic mass is 16.3. The lowest BCUT2D eigenvalue weighted by atomic mass is 10.1. The van der Waals surface area contributed by atoms with Crippen LogP contribution in [0, 0.1) is 0 Å². The van der Waals surface area contributed by atoms with Crippen molar-refractivity contribution in [2.75, 3.05) is 32.1 Å². The summed E-state index contributed by atoms with van der Waals surface area (Å²) in [7, 11) is 4.00. The van der Waals surface area contributed by atoms with Crippen LogP contribution in [0.4, 0.5) is 10.5 Å². The third-order valence-electron chi connectivity index (χ3n) is 3.58. The number of aliphatic hydroxyl groups is 1. The monoisotopic (exact) mass is 277 g/mol. The average molecular weight is 277 g/mol. The number of urea groups is 1. The molecule has 0 aromatic heterocycles. The topological polar surface area (TPSA) is 55.8 Å². The van der Waals surface area contributed by atoms with E-state index in [0.29, 0.717) is 13.1 Å². The molecule has 1 aromatic carbocycles. The number of hydrogen-bond acceptors (Lipinski definition) is 3. The van der Waals surface area contributed by atoms with Crippen LogP contribution >= 0.6 is 0 Å². The van der Waals surface area contributed by atoms with Gasteiger partial charge in [-0.25, -0.2) is 4.79 Å². The molecule has 1 atom stereocenters. The summed E-state index contributed by atoms with van der Waals surface area (Å²) in [4.78, 5) is 15.7. The summed E-state index contributed by atoms with van der Waals surface area (Å²) in [6.45, 7) is 1.67. The number of β-amino-alcohol motifs (C(OH)–C–C–N with tert-alkyl or cyclic N) is 1. The minimum Gasteiger partial charge on any atom is -0.391 e. The number of likely N-dealkylation sites (tertiary alicyclic amines) is 1. The number of aliphatic hydroxyl groups excluding tert-OH is 1. The van der Waals surface area contributed by atoms with Crippen LogP contribution in [-0.2, 0) is 6.54 Å². The lowest BCUT2D eigenvalue weighted by molar-refractivity contribution is 0.0842. The van der Waals surface area contributed by atoms with Crippen molar-refractivity contribution in [1.82, 2.24) is 10.2 Å². The van der Waals surface area contributed by atoms with Gasteiger partial charge >= 0.3 is 6.03 Å². The second-order valence-electron chi connectivity index (χ2n) is 5.46. The fourth-order valence-electron chi connectivity index (χ4n) is 2.34. The lowest BCUT2D eigenvalue weighted by Gasteiger charge is -2.30. The molecule has 1 heterocycles.